The lowest BCUT2D eigenvalue weighted by molar-refractivity contribution is 0.647. The molecule has 0 saturated carbocycles. The van der Waals surface area contributed by atoms with Crippen molar-refractivity contribution in [2.24, 2.45) is 0 Å². The normalized spacial score (nSPS) is 10.5. The van der Waals surface area contributed by atoms with Crippen LogP contribution in [0.3, 0.4) is 0 Å². The lowest BCUT2D eigenvalue weighted by Gasteiger charge is -2.05. The van der Waals surface area contributed by atoms with E-state index in [9.17, 15) is 0 Å². The van der Waals surface area contributed by atoms with Crippen molar-refractivity contribution in [1.29, 1.82) is 0 Å². The zero-order valence-corrected chi connectivity index (χ0v) is 7.36. The van der Waals surface area contributed by atoms with Crippen LogP contribution in [-0.2, 0) is 0 Å². The third kappa shape index (κ3) is 1.05. The van der Waals surface area contributed by atoms with E-state index in [2.05, 4.69) is 35.5 Å². The molecule has 2 rings (SSSR count). The van der Waals surface area contributed by atoms with Gasteiger partial charge in [-0.25, -0.2) is 0 Å². The average Bonchev–Trinajstić information content (AvgIpc) is 2.58. The summed E-state index contributed by atoms with van der Waals surface area (Å²) in [6, 6.07) is 6.21. The van der Waals surface area contributed by atoms with E-state index in [1.165, 1.54) is 11.3 Å². The summed E-state index contributed by atoms with van der Waals surface area (Å²) in [6.07, 6.45) is 6.19. The molecule has 0 atom stereocenters. The third-order valence-corrected chi connectivity index (χ3v) is 1.96. The SMILES string of the molecule is Cc1cc(C)n(-n2cccc2)c1. The van der Waals surface area contributed by atoms with Crippen molar-refractivity contribution in [3.05, 3.63) is 48.0 Å². The molecule has 0 radical (unpaired) electrons. The molecule has 0 bridgehead atoms. The Labute approximate surface area is 72.0 Å². The summed E-state index contributed by atoms with van der Waals surface area (Å²) >= 11 is 0. The maximum Gasteiger partial charge on any atom is 0.0375 e. The molecule has 0 N–H and O–H groups in total. The van der Waals surface area contributed by atoms with Crippen LogP contribution in [0.4, 0.5) is 0 Å². The maximum absolute atomic E-state index is 2.17. The van der Waals surface area contributed by atoms with Gasteiger partial charge in [-0.15, -0.1) is 0 Å². The highest BCUT2D eigenvalue weighted by Gasteiger charge is 1.97. The Kier molecular flexibility index (Phi) is 1.54. The molecule has 2 nitrogen and oxygen atoms in total. The van der Waals surface area contributed by atoms with Crippen molar-refractivity contribution in [3.8, 4) is 0 Å². The minimum atomic E-state index is 1.25. The van der Waals surface area contributed by atoms with E-state index in [1.54, 1.807) is 0 Å². The van der Waals surface area contributed by atoms with Crippen molar-refractivity contribution in [2.75, 3.05) is 0 Å². The Morgan fingerprint density at radius 1 is 1.08 bits per heavy atom. The van der Waals surface area contributed by atoms with Gasteiger partial charge >= 0.3 is 0 Å². The minimum Gasteiger partial charge on any atom is -0.264 e. The van der Waals surface area contributed by atoms with Crippen LogP contribution in [0, 0.1) is 13.8 Å². The summed E-state index contributed by atoms with van der Waals surface area (Å²) < 4.78 is 4.18. The molecule has 62 valence electrons. The first kappa shape index (κ1) is 7.22. The summed E-state index contributed by atoms with van der Waals surface area (Å²) in [4.78, 5) is 0. The standard InChI is InChI=1S/C10H12N2/c1-9-7-10(2)12(8-9)11-5-3-4-6-11/h3-8H,1-2H3. The van der Waals surface area contributed by atoms with Crippen molar-refractivity contribution in [2.45, 2.75) is 13.8 Å². The zero-order chi connectivity index (χ0) is 8.55. The van der Waals surface area contributed by atoms with Crippen LogP contribution in [0.15, 0.2) is 36.8 Å². The number of hydrogen-bond acceptors (Lipinski definition) is 0. The molecular formula is C10H12N2. The van der Waals surface area contributed by atoms with Gasteiger partial charge in [0.2, 0.25) is 0 Å². The smallest absolute Gasteiger partial charge is 0.0375 e. The van der Waals surface area contributed by atoms with Crippen molar-refractivity contribution < 1.29 is 0 Å². The minimum absolute atomic E-state index is 1.25. The third-order valence-electron chi connectivity index (χ3n) is 1.96. The quantitative estimate of drug-likeness (QED) is 0.605. The Morgan fingerprint density at radius 3 is 2.25 bits per heavy atom. The van der Waals surface area contributed by atoms with Crippen molar-refractivity contribution >= 4 is 0 Å². The van der Waals surface area contributed by atoms with Gasteiger partial charge in [0.05, 0.1) is 0 Å². The van der Waals surface area contributed by atoms with E-state index in [0.29, 0.717) is 0 Å². The van der Waals surface area contributed by atoms with E-state index in [1.807, 2.05) is 24.5 Å². The predicted octanol–water partition coefficient (Wildman–Crippen LogP) is 2.22. The van der Waals surface area contributed by atoms with Crippen LogP contribution in [-0.4, -0.2) is 9.35 Å². The molecule has 0 fully saturated rings. The van der Waals surface area contributed by atoms with Crippen LogP contribution in [0.5, 0.6) is 0 Å². The molecule has 2 heterocycles. The highest BCUT2D eigenvalue weighted by atomic mass is 15.4. The summed E-state index contributed by atoms with van der Waals surface area (Å²) in [5.74, 6) is 0. The Balaban J connectivity index is 2.54. The van der Waals surface area contributed by atoms with E-state index < -0.39 is 0 Å². The average molecular weight is 160 g/mol. The highest BCUT2D eigenvalue weighted by Crippen LogP contribution is 2.06. The first-order valence-electron chi connectivity index (χ1n) is 4.06. The Morgan fingerprint density at radius 2 is 1.75 bits per heavy atom. The second-order valence-corrected chi connectivity index (χ2v) is 3.07. The summed E-state index contributed by atoms with van der Waals surface area (Å²) in [6.45, 7) is 4.21. The number of nitrogens with zero attached hydrogens (tertiary/aromatic N) is 2. The number of rotatable bonds is 1. The van der Waals surface area contributed by atoms with Gasteiger partial charge in [0.1, 0.15) is 0 Å². The number of aryl methyl sites for hydroxylation is 2. The topological polar surface area (TPSA) is 9.86 Å². The van der Waals surface area contributed by atoms with Crippen LogP contribution in [0.2, 0.25) is 0 Å². The van der Waals surface area contributed by atoms with Gasteiger partial charge in [-0.1, -0.05) is 0 Å². The summed E-state index contributed by atoms with van der Waals surface area (Å²) in [7, 11) is 0. The summed E-state index contributed by atoms with van der Waals surface area (Å²) in [5, 5.41) is 0. The van der Waals surface area contributed by atoms with E-state index in [0.717, 1.165) is 0 Å². The second-order valence-electron chi connectivity index (χ2n) is 3.07. The molecule has 0 aliphatic rings. The van der Waals surface area contributed by atoms with E-state index >= 15 is 0 Å². The molecule has 0 aliphatic carbocycles. The van der Waals surface area contributed by atoms with Gasteiger partial charge in [0, 0.05) is 24.3 Å². The molecule has 2 heteroatoms. The van der Waals surface area contributed by atoms with Crippen LogP contribution in [0.25, 0.3) is 0 Å². The van der Waals surface area contributed by atoms with Gasteiger partial charge in [0.25, 0.3) is 0 Å². The molecule has 12 heavy (non-hydrogen) atoms. The monoisotopic (exact) mass is 160 g/mol. The molecule has 2 aromatic rings. The van der Waals surface area contributed by atoms with Gasteiger partial charge in [0.15, 0.2) is 0 Å². The largest absolute Gasteiger partial charge is 0.264 e. The zero-order valence-electron chi connectivity index (χ0n) is 7.36. The second kappa shape index (κ2) is 2.55. The Bertz CT molecular complexity index is 368. The molecular weight excluding hydrogens is 148 g/mol. The lowest BCUT2D eigenvalue weighted by atomic mass is 10.4. The number of hydrogen-bond donors (Lipinski definition) is 0. The van der Waals surface area contributed by atoms with E-state index in [4.69, 9.17) is 0 Å². The molecule has 2 aromatic heterocycles. The number of aromatic nitrogens is 2. The predicted molar refractivity (Wildman–Crippen MR) is 49.1 cm³/mol. The Hall–Kier alpha value is -1.44. The fraction of sp³-hybridized carbons (Fsp3) is 0.200. The van der Waals surface area contributed by atoms with Gasteiger partial charge in [-0.2, -0.15) is 0 Å². The highest BCUT2D eigenvalue weighted by molar-refractivity contribution is 5.16. The van der Waals surface area contributed by atoms with Gasteiger partial charge in [-0.3, -0.25) is 9.35 Å². The van der Waals surface area contributed by atoms with Crippen LogP contribution >= 0.6 is 0 Å². The van der Waals surface area contributed by atoms with Crippen LogP contribution < -0.4 is 0 Å². The first-order valence-corrected chi connectivity index (χ1v) is 4.06. The fourth-order valence-corrected chi connectivity index (χ4v) is 1.45. The molecule has 0 saturated heterocycles. The molecule has 0 aliphatic heterocycles. The maximum atomic E-state index is 2.17. The van der Waals surface area contributed by atoms with Crippen molar-refractivity contribution in [1.82, 2.24) is 9.35 Å². The van der Waals surface area contributed by atoms with Crippen LogP contribution in [0.1, 0.15) is 11.3 Å². The van der Waals surface area contributed by atoms with E-state index in [-0.39, 0.29) is 0 Å². The fourth-order valence-electron chi connectivity index (χ4n) is 1.45. The molecule has 0 amide bonds. The van der Waals surface area contributed by atoms with Gasteiger partial charge < -0.3 is 0 Å². The van der Waals surface area contributed by atoms with Crippen molar-refractivity contribution in [3.63, 3.8) is 0 Å². The summed E-state index contributed by atoms with van der Waals surface area (Å²) in [5.41, 5.74) is 2.55. The van der Waals surface area contributed by atoms with Gasteiger partial charge in [-0.05, 0) is 37.6 Å². The lowest BCUT2D eigenvalue weighted by Crippen LogP contribution is -2.05. The molecule has 0 spiro atoms. The molecule has 0 aromatic carbocycles. The first-order chi connectivity index (χ1) is 5.77. The molecule has 0 unspecified atom stereocenters.